The van der Waals surface area contributed by atoms with Gasteiger partial charge in [0.15, 0.2) is 17.5 Å². The minimum Gasteiger partial charge on any atom is -0.394 e. The van der Waals surface area contributed by atoms with E-state index in [2.05, 4.69) is 20.9 Å². The van der Waals surface area contributed by atoms with E-state index >= 15 is 0 Å². The Balaban J connectivity index is 2.13. The third-order valence-corrected chi connectivity index (χ3v) is 3.48. The highest BCUT2D eigenvalue weighted by Crippen LogP contribution is 2.39. The van der Waals surface area contributed by atoms with Gasteiger partial charge in [-0.25, -0.2) is 9.97 Å². The lowest BCUT2D eigenvalue weighted by Gasteiger charge is -2.26. The summed E-state index contributed by atoms with van der Waals surface area (Å²) in [5.41, 5.74) is 4.23. The lowest BCUT2D eigenvalue weighted by Crippen LogP contribution is -2.45. The number of anilines is 1. The van der Waals surface area contributed by atoms with Crippen LogP contribution >= 0.6 is 0 Å². The molecule has 0 amide bonds. The van der Waals surface area contributed by atoms with Crippen molar-refractivity contribution in [2.45, 2.75) is 24.0 Å². The molecule has 2 aromatic rings. The van der Waals surface area contributed by atoms with Crippen LogP contribution in [0.1, 0.15) is 6.23 Å². The van der Waals surface area contributed by atoms with Crippen molar-refractivity contribution in [1.29, 1.82) is 0 Å². The second-order valence-electron chi connectivity index (χ2n) is 4.71. The lowest BCUT2D eigenvalue weighted by atomic mass is 9.95. The maximum absolute atomic E-state index is 10.5. The maximum Gasteiger partial charge on any atom is 0.222 e. The van der Waals surface area contributed by atoms with E-state index in [0.29, 0.717) is 11.2 Å². The molecule has 9 nitrogen and oxygen atoms in total. The molecule has 110 valence electrons. The Bertz CT molecular complexity index is 726. The SMILES string of the molecule is C#C[C@@]1(O)[C@H](O)[C@@H](CO)O[C@H]1n1cnc2cnc(N)nc21. The Morgan fingerprint density at radius 1 is 1.52 bits per heavy atom. The number of nitrogen functional groups attached to an aromatic ring is 1. The Morgan fingerprint density at radius 3 is 2.95 bits per heavy atom. The molecule has 2 aromatic heterocycles. The number of aliphatic hydroxyl groups excluding tert-OH is 2. The highest BCUT2D eigenvalue weighted by molar-refractivity contribution is 5.70. The highest BCUT2D eigenvalue weighted by atomic mass is 16.6. The standard InChI is InChI=1S/C12H13N5O4/c1-2-12(20)8(19)7(4-18)21-10(12)17-5-15-6-3-14-11(13)16-9(6)17/h1,3,5,7-8,10,18-20H,4H2,(H2,13,14,16)/t7-,8-,10-,12-/m1/s1. The topological polar surface area (TPSA) is 140 Å². The number of fused-ring (bicyclic) bond motifs is 1. The first kappa shape index (κ1) is 13.7. The summed E-state index contributed by atoms with van der Waals surface area (Å²) in [5, 5.41) is 29.7. The molecule has 0 aromatic carbocycles. The zero-order valence-electron chi connectivity index (χ0n) is 10.8. The first-order chi connectivity index (χ1) is 10.0. The van der Waals surface area contributed by atoms with Crippen molar-refractivity contribution in [2.75, 3.05) is 12.3 Å². The van der Waals surface area contributed by atoms with Crippen LogP contribution in [0.2, 0.25) is 0 Å². The van der Waals surface area contributed by atoms with Gasteiger partial charge in [-0.3, -0.25) is 4.57 Å². The quantitative estimate of drug-likeness (QED) is 0.467. The third kappa shape index (κ3) is 1.85. The number of hydrogen-bond acceptors (Lipinski definition) is 8. The molecule has 3 heterocycles. The van der Waals surface area contributed by atoms with E-state index in [1.807, 2.05) is 0 Å². The highest BCUT2D eigenvalue weighted by Gasteiger charge is 2.55. The van der Waals surface area contributed by atoms with Gasteiger partial charge in [-0.1, -0.05) is 5.92 Å². The number of aromatic nitrogens is 4. The van der Waals surface area contributed by atoms with Gasteiger partial charge >= 0.3 is 0 Å². The number of terminal acetylenes is 1. The molecule has 5 N–H and O–H groups in total. The molecule has 1 saturated heterocycles. The molecule has 1 fully saturated rings. The van der Waals surface area contributed by atoms with Crippen molar-refractivity contribution in [3.05, 3.63) is 12.5 Å². The molecule has 4 atom stereocenters. The van der Waals surface area contributed by atoms with Gasteiger partial charge < -0.3 is 25.8 Å². The minimum absolute atomic E-state index is 0.0192. The van der Waals surface area contributed by atoms with Gasteiger partial charge in [0, 0.05) is 0 Å². The van der Waals surface area contributed by atoms with Gasteiger partial charge in [-0.2, -0.15) is 4.98 Å². The smallest absolute Gasteiger partial charge is 0.222 e. The predicted octanol–water partition coefficient (Wildman–Crippen LogP) is -1.98. The second-order valence-corrected chi connectivity index (χ2v) is 4.71. The molecule has 0 spiro atoms. The third-order valence-electron chi connectivity index (χ3n) is 3.48. The van der Waals surface area contributed by atoms with E-state index in [1.54, 1.807) is 0 Å². The van der Waals surface area contributed by atoms with Crippen molar-refractivity contribution in [2.24, 2.45) is 0 Å². The van der Waals surface area contributed by atoms with Gasteiger partial charge in [0.2, 0.25) is 5.95 Å². The molecule has 0 unspecified atom stereocenters. The number of nitrogens with zero attached hydrogens (tertiary/aromatic N) is 4. The van der Waals surface area contributed by atoms with E-state index in [9.17, 15) is 15.3 Å². The van der Waals surface area contributed by atoms with Crippen molar-refractivity contribution >= 4 is 17.1 Å². The number of nitrogens with two attached hydrogens (primary N) is 1. The minimum atomic E-state index is -2.03. The van der Waals surface area contributed by atoms with Crippen LogP contribution in [0.15, 0.2) is 12.5 Å². The van der Waals surface area contributed by atoms with Crippen LogP contribution in [0.25, 0.3) is 11.2 Å². The first-order valence-electron chi connectivity index (χ1n) is 6.11. The van der Waals surface area contributed by atoms with Crippen molar-refractivity contribution < 1.29 is 20.1 Å². The molecule has 21 heavy (non-hydrogen) atoms. The molecule has 0 radical (unpaired) electrons. The Hall–Kier alpha value is -2.25. The van der Waals surface area contributed by atoms with E-state index in [4.69, 9.17) is 16.9 Å². The molecule has 3 rings (SSSR count). The summed E-state index contributed by atoms with van der Waals surface area (Å²) in [6.45, 7) is -0.495. The molecule has 0 aliphatic carbocycles. The number of rotatable bonds is 2. The van der Waals surface area contributed by atoms with Crippen LogP contribution in [0, 0.1) is 12.3 Å². The second kappa shape index (κ2) is 4.64. The van der Waals surface area contributed by atoms with Gasteiger partial charge in [-0.15, -0.1) is 6.42 Å². The summed E-state index contributed by atoms with van der Waals surface area (Å²) in [4.78, 5) is 11.9. The van der Waals surface area contributed by atoms with Crippen LogP contribution in [0.4, 0.5) is 5.95 Å². The van der Waals surface area contributed by atoms with Crippen LogP contribution < -0.4 is 5.73 Å². The fourth-order valence-electron chi connectivity index (χ4n) is 2.36. The summed E-state index contributed by atoms with van der Waals surface area (Å²) in [6.07, 6.45) is 4.46. The summed E-state index contributed by atoms with van der Waals surface area (Å²) >= 11 is 0. The van der Waals surface area contributed by atoms with Crippen LogP contribution in [-0.2, 0) is 4.74 Å². The summed E-state index contributed by atoms with van der Waals surface area (Å²) in [5.74, 6) is 2.14. The van der Waals surface area contributed by atoms with Gasteiger partial charge in [0.1, 0.15) is 17.7 Å². The maximum atomic E-state index is 10.5. The average molecular weight is 291 g/mol. The summed E-state index contributed by atoms with van der Waals surface area (Å²) < 4.78 is 6.80. The van der Waals surface area contributed by atoms with Crippen LogP contribution in [0.3, 0.4) is 0 Å². The summed E-state index contributed by atoms with van der Waals surface area (Å²) in [6, 6.07) is 0. The Morgan fingerprint density at radius 2 is 2.29 bits per heavy atom. The van der Waals surface area contributed by atoms with E-state index in [1.165, 1.54) is 17.1 Å². The van der Waals surface area contributed by atoms with Crippen molar-refractivity contribution in [3.8, 4) is 12.3 Å². The zero-order valence-corrected chi connectivity index (χ0v) is 10.8. The predicted molar refractivity (Wildman–Crippen MR) is 70.5 cm³/mol. The largest absolute Gasteiger partial charge is 0.394 e. The van der Waals surface area contributed by atoms with Gasteiger partial charge in [0.05, 0.1) is 19.1 Å². The number of imidazole rings is 1. The Kier molecular flexibility index (Phi) is 3.03. The number of ether oxygens (including phenoxy) is 1. The normalized spacial score (nSPS) is 32.4. The van der Waals surface area contributed by atoms with Crippen molar-refractivity contribution in [3.63, 3.8) is 0 Å². The lowest BCUT2D eigenvalue weighted by molar-refractivity contribution is -0.0721. The summed E-state index contributed by atoms with van der Waals surface area (Å²) in [7, 11) is 0. The van der Waals surface area contributed by atoms with E-state index in [0.717, 1.165) is 0 Å². The van der Waals surface area contributed by atoms with Crippen LogP contribution in [-0.4, -0.2) is 59.3 Å². The molecule has 9 heteroatoms. The zero-order chi connectivity index (χ0) is 15.2. The number of aliphatic hydroxyl groups is 3. The molecular formula is C12H13N5O4. The fraction of sp³-hybridized carbons (Fsp3) is 0.417. The molecule has 1 aliphatic rings. The number of hydrogen-bond donors (Lipinski definition) is 4. The Labute approximate surface area is 119 Å². The fourth-order valence-corrected chi connectivity index (χ4v) is 2.36. The van der Waals surface area contributed by atoms with Crippen molar-refractivity contribution in [1.82, 2.24) is 19.5 Å². The van der Waals surface area contributed by atoms with Gasteiger partial charge in [0.25, 0.3) is 0 Å². The monoisotopic (exact) mass is 291 g/mol. The molecule has 0 saturated carbocycles. The average Bonchev–Trinajstić information content (AvgIpc) is 2.99. The van der Waals surface area contributed by atoms with Crippen LogP contribution in [0.5, 0.6) is 0 Å². The van der Waals surface area contributed by atoms with Gasteiger partial charge in [-0.05, 0) is 0 Å². The molecule has 1 aliphatic heterocycles. The molecular weight excluding hydrogens is 278 g/mol. The van der Waals surface area contributed by atoms with E-state index in [-0.39, 0.29) is 5.95 Å². The van der Waals surface area contributed by atoms with E-state index < -0.39 is 30.6 Å². The molecule has 0 bridgehead atoms. The first-order valence-corrected chi connectivity index (χ1v) is 6.11.